The zero-order chi connectivity index (χ0) is 22.1. The third-order valence-electron chi connectivity index (χ3n) is 5.49. The minimum absolute atomic E-state index is 0.161. The molecule has 1 heterocycles. The molecule has 0 aliphatic carbocycles. The van der Waals surface area contributed by atoms with Crippen molar-refractivity contribution in [2.45, 2.75) is 46.0 Å². The highest BCUT2D eigenvalue weighted by Gasteiger charge is 2.14. The van der Waals surface area contributed by atoms with E-state index in [2.05, 4.69) is 52.5 Å². The van der Waals surface area contributed by atoms with Crippen molar-refractivity contribution in [1.29, 1.82) is 0 Å². The Hall–Kier alpha value is -2.86. The number of nitrogens with two attached hydrogens (primary N) is 1. The quantitative estimate of drug-likeness (QED) is 0.367. The molecule has 0 atom stereocenters. The van der Waals surface area contributed by atoms with E-state index in [0.29, 0.717) is 5.39 Å². The van der Waals surface area contributed by atoms with E-state index in [4.69, 9.17) is 5.73 Å². The standard InChI is InChI=1S/C25H35N5O/c1-3-16-30(17-4-2)23-13-12-19(18-22(23)27-15-9-5-8-14-26)24-20-10-6-7-11-21(20)25(31)29-28-24/h6-7,10-13,18,27H,3-5,8-9,14-17,26H2,1-2H3,(H,29,31). The van der Waals surface area contributed by atoms with Gasteiger partial charge in [-0.25, -0.2) is 5.10 Å². The van der Waals surface area contributed by atoms with E-state index in [1.165, 1.54) is 5.69 Å². The Bertz CT molecular complexity index is 1020. The molecule has 31 heavy (non-hydrogen) atoms. The van der Waals surface area contributed by atoms with Crippen LogP contribution in [0.25, 0.3) is 22.0 Å². The van der Waals surface area contributed by atoms with E-state index in [1.54, 1.807) is 0 Å². The highest BCUT2D eigenvalue weighted by atomic mass is 16.1. The van der Waals surface area contributed by atoms with Gasteiger partial charge in [0.2, 0.25) is 0 Å². The van der Waals surface area contributed by atoms with E-state index in [1.807, 2.05) is 24.3 Å². The predicted molar refractivity (Wildman–Crippen MR) is 132 cm³/mol. The Morgan fingerprint density at radius 2 is 1.74 bits per heavy atom. The van der Waals surface area contributed by atoms with Gasteiger partial charge in [0.25, 0.3) is 5.56 Å². The van der Waals surface area contributed by atoms with Crippen LogP contribution in [-0.4, -0.2) is 36.4 Å². The molecule has 0 amide bonds. The maximum absolute atomic E-state index is 12.2. The molecule has 0 saturated heterocycles. The fourth-order valence-corrected chi connectivity index (χ4v) is 4.00. The van der Waals surface area contributed by atoms with Crippen LogP contribution in [0.5, 0.6) is 0 Å². The number of H-pyrrole nitrogens is 1. The molecule has 2 aromatic carbocycles. The highest BCUT2D eigenvalue weighted by Crippen LogP contribution is 2.33. The second-order valence-electron chi connectivity index (χ2n) is 7.94. The zero-order valence-corrected chi connectivity index (χ0v) is 18.8. The third kappa shape index (κ3) is 5.64. The Labute approximate surface area is 184 Å². The monoisotopic (exact) mass is 421 g/mol. The lowest BCUT2D eigenvalue weighted by Crippen LogP contribution is -2.26. The molecule has 0 aliphatic rings. The number of rotatable bonds is 12. The number of anilines is 2. The normalized spacial score (nSPS) is 11.1. The summed E-state index contributed by atoms with van der Waals surface area (Å²) in [5, 5.41) is 12.2. The summed E-state index contributed by atoms with van der Waals surface area (Å²) in [5.41, 5.74) is 9.60. The molecule has 6 nitrogen and oxygen atoms in total. The van der Waals surface area contributed by atoms with E-state index < -0.39 is 0 Å². The smallest absolute Gasteiger partial charge is 0.272 e. The van der Waals surface area contributed by atoms with Crippen LogP contribution in [0.2, 0.25) is 0 Å². The Morgan fingerprint density at radius 3 is 2.45 bits per heavy atom. The summed E-state index contributed by atoms with van der Waals surface area (Å²) in [7, 11) is 0. The van der Waals surface area contributed by atoms with Gasteiger partial charge in [-0.3, -0.25) is 4.79 Å². The van der Waals surface area contributed by atoms with Crippen molar-refractivity contribution < 1.29 is 0 Å². The lowest BCUT2D eigenvalue weighted by atomic mass is 10.0. The first-order valence-electron chi connectivity index (χ1n) is 11.5. The first-order valence-corrected chi connectivity index (χ1v) is 11.5. The minimum Gasteiger partial charge on any atom is -0.383 e. The Kier molecular flexibility index (Phi) is 8.47. The molecule has 4 N–H and O–H groups in total. The summed E-state index contributed by atoms with van der Waals surface area (Å²) >= 11 is 0. The van der Waals surface area contributed by atoms with Crippen LogP contribution in [0.1, 0.15) is 46.0 Å². The second-order valence-corrected chi connectivity index (χ2v) is 7.94. The maximum Gasteiger partial charge on any atom is 0.272 e. The molecule has 0 bridgehead atoms. The van der Waals surface area contributed by atoms with Crippen LogP contribution >= 0.6 is 0 Å². The maximum atomic E-state index is 12.2. The molecular formula is C25H35N5O. The van der Waals surface area contributed by atoms with Gasteiger partial charge in [-0.05, 0) is 50.4 Å². The van der Waals surface area contributed by atoms with Crippen LogP contribution in [0.15, 0.2) is 47.3 Å². The number of nitrogens with one attached hydrogen (secondary N) is 2. The number of nitrogens with zero attached hydrogens (tertiary/aromatic N) is 2. The van der Waals surface area contributed by atoms with E-state index in [-0.39, 0.29) is 5.56 Å². The molecule has 6 heteroatoms. The number of fused-ring (bicyclic) bond motifs is 1. The van der Waals surface area contributed by atoms with Crippen LogP contribution < -0.4 is 21.5 Å². The van der Waals surface area contributed by atoms with Crippen molar-refractivity contribution in [2.75, 3.05) is 36.4 Å². The lowest BCUT2D eigenvalue weighted by Gasteiger charge is -2.27. The molecule has 3 rings (SSSR count). The summed E-state index contributed by atoms with van der Waals surface area (Å²) in [4.78, 5) is 14.6. The summed E-state index contributed by atoms with van der Waals surface area (Å²) in [6.45, 7) is 8.12. The van der Waals surface area contributed by atoms with Crippen molar-refractivity contribution in [3.05, 3.63) is 52.8 Å². The molecule has 0 radical (unpaired) electrons. The molecular weight excluding hydrogens is 386 g/mol. The molecule has 0 spiro atoms. The van der Waals surface area contributed by atoms with Gasteiger partial charge in [0.05, 0.1) is 22.5 Å². The van der Waals surface area contributed by atoms with Gasteiger partial charge in [-0.15, -0.1) is 0 Å². The van der Waals surface area contributed by atoms with Crippen molar-refractivity contribution in [3.8, 4) is 11.3 Å². The fraction of sp³-hybridized carbons (Fsp3) is 0.440. The highest BCUT2D eigenvalue weighted by molar-refractivity contribution is 5.94. The molecule has 0 saturated carbocycles. The zero-order valence-electron chi connectivity index (χ0n) is 18.8. The number of aromatic amines is 1. The summed E-state index contributed by atoms with van der Waals surface area (Å²) in [5.74, 6) is 0. The molecule has 0 fully saturated rings. The lowest BCUT2D eigenvalue weighted by molar-refractivity contribution is 0.706. The number of benzene rings is 2. The van der Waals surface area contributed by atoms with Crippen LogP contribution in [0, 0.1) is 0 Å². The third-order valence-corrected chi connectivity index (χ3v) is 5.49. The van der Waals surface area contributed by atoms with Crippen molar-refractivity contribution in [2.24, 2.45) is 5.73 Å². The number of unbranched alkanes of at least 4 members (excludes halogenated alkanes) is 2. The fourth-order valence-electron chi connectivity index (χ4n) is 4.00. The first-order chi connectivity index (χ1) is 15.2. The Morgan fingerprint density at radius 1 is 1.00 bits per heavy atom. The topological polar surface area (TPSA) is 87.0 Å². The number of aromatic nitrogens is 2. The predicted octanol–water partition coefficient (Wildman–Crippen LogP) is 4.76. The van der Waals surface area contributed by atoms with Crippen LogP contribution in [0.4, 0.5) is 11.4 Å². The van der Waals surface area contributed by atoms with Gasteiger partial charge in [0, 0.05) is 30.6 Å². The van der Waals surface area contributed by atoms with Crippen molar-refractivity contribution >= 4 is 22.1 Å². The molecule has 1 aromatic heterocycles. The van der Waals surface area contributed by atoms with Gasteiger partial charge in [0.15, 0.2) is 0 Å². The van der Waals surface area contributed by atoms with Gasteiger partial charge in [-0.1, -0.05) is 44.5 Å². The van der Waals surface area contributed by atoms with Crippen molar-refractivity contribution in [3.63, 3.8) is 0 Å². The number of hydrogen-bond acceptors (Lipinski definition) is 5. The summed E-state index contributed by atoms with van der Waals surface area (Å²) in [6.07, 6.45) is 5.47. The Balaban J connectivity index is 2.00. The average molecular weight is 422 g/mol. The molecule has 0 aliphatic heterocycles. The van der Waals surface area contributed by atoms with E-state index in [9.17, 15) is 4.79 Å². The summed E-state index contributed by atoms with van der Waals surface area (Å²) < 4.78 is 0. The summed E-state index contributed by atoms with van der Waals surface area (Å²) in [6, 6.07) is 14.1. The van der Waals surface area contributed by atoms with Gasteiger partial charge in [-0.2, -0.15) is 5.10 Å². The largest absolute Gasteiger partial charge is 0.383 e. The number of hydrogen-bond donors (Lipinski definition) is 3. The van der Waals surface area contributed by atoms with Crippen LogP contribution in [0.3, 0.4) is 0 Å². The first kappa shape index (κ1) is 22.8. The SMILES string of the molecule is CCCN(CCC)c1ccc(-c2n[nH]c(=O)c3ccccc23)cc1NCCCCCN. The average Bonchev–Trinajstić information content (AvgIpc) is 2.79. The minimum atomic E-state index is -0.161. The van der Waals surface area contributed by atoms with Crippen molar-refractivity contribution in [1.82, 2.24) is 10.2 Å². The molecule has 3 aromatic rings. The van der Waals surface area contributed by atoms with E-state index >= 15 is 0 Å². The van der Waals surface area contributed by atoms with Crippen LogP contribution in [-0.2, 0) is 0 Å². The van der Waals surface area contributed by atoms with Gasteiger partial charge < -0.3 is 16.0 Å². The van der Waals surface area contributed by atoms with Gasteiger partial charge in [0.1, 0.15) is 0 Å². The molecule has 0 unspecified atom stereocenters. The molecule has 166 valence electrons. The second kappa shape index (κ2) is 11.5. The van der Waals surface area contributed by atoms with E-state index in [0.717, 1.165) is 80.6 Å². The van der Waals surface area contributed by atoms with Gasteiger partial charge >= 0.3 is 0 Å².